The molecule has 2 atom stereocenters. The van der Waals surface area contributed by atoms with E-state index in [9.17, 15) is 9.59 Å². The van der Waals surface area contributed by atoms with Gasteiger partial charge in [0.2, 0.25) is 6.29 Å². The van der Waals surface area contributed by atoms with E-state index in [1.165, 1.54) is 0 Å². The highest BCUT2D eigenvalue weighted by molar-refractivity contribution is 5.74. The minimum absolute atomic E-state index is 0.0308. The highest BCUT2D eigenvalue weighted by Crippen LogP contribution is 2.16. The van der Waals surface area contributed by atoms with Gasteiger partial charge in [-0.25, -0.2) is 4.79 Å². The van der Waals surface area contributed by atoms with Crippen molar-refractivity contribution in [2.45, 2.75) is 38.5 Å². The molecule has 1 aliphatic rings. The van der Waals surface area contributed by atoms with E-state index in [0.717, 1.165) is 12.8 Å². The van der Waals surface area contributed by atoms with E-state index in [4.69, 9.17) is 14.6 Å². The van der Waals surface area contributed by atoms with Crippen LogP contribution in [0.2, 0.25) is 0 Å². The van der Waals surface area contributed by atoms with E-state index in [0.29, 0.717) is 6.61 Å². The number of carboxylic acid groups (broad SMARTS) is 1. The number of carbonyl (C=O) groups excluding carboxylic acids is 1. The van der Waals surface area contributed by atoms with E-state index in [-0.39, 0.29) is 6.42 Å². The molecule has 1 heterocycles. The van der Waals surface area contributed by atoms with Crippen LogP contribution in [0.15, 0.2) is 0 Å². The lowest BCUT2D eigenvalue weighted by molar-refractivity contribution is -0.164. The van der Waals surface area contributed by atoms with Crippen LogP contribution in [0.1, 0.15) is 26.2 Å². The van der Waals surface area contributed by atoms with Crippen molar-refractivity contribution in [1.82, 2.24) is 5.32 Å². The van der Waals surface area contributed by atoms with Crippen molar-refractivity contribution in [2.75, 3.05) is 6.61 Å². The first-order valence-electron chi connectivity index (χ1n) is 4.94. The Balaban J connectivity index is 2.38. The first-order valence-corrected chi connectivity index (χ1v) is 4.94. The number of unbranched alkanes of at least 4 members (excludes halogenated alkanes) is 1. The van der Waals surface area contributed by atoms with Crippen molar-refractivity contribution in [3.63, 3.8) is 0 Å². The number of carbonyl (C=O) groups is 2. The molecule has 15 heavy (non-hydrogen) atoms. The molecule has 2 N–H and O–H groups in total. The molecule has 0 bridgehead atoms. The van der Waals surface area contributed by atoms with Crippen LogP contribution >= 0.6 is 0 Å². The van der Waals surface area contributed by atoms with Gasteiger partial charge in [-0.2, -0.15) is 0 Å². The molecule has 1 saturated heterocycles. The van der Waals surface area contributed by atoms with Crippen LogP contribution in [0, 0.1) is 0 Å². The highest BCUT2D eigenvalue weighted by Gasteiger charge is 2.36. The predicted molar refractivity (Wildman–Crippen MR) is 50.3 cm³/mol. The Morgan fingerprint density at radius 1 is 1.73 bits per heavy atom. The number of amides is 1. The Bertz CT molecular complexity index is 243. The fourth-order valence-corrected chi connectivity index (χ4v) is 1.31. The van der Waals surface area contributed by atoms with Crippen LogP contribution in [-0.2, 0) is 14.3 Å². The Morgan fingerprint density at radius 2 is 2.47 bits per heavy atom. The van der Waals surface area contributed by atoms with Gasteiger partial charge < -0.3 is 19.9 Å². The molecule has 6 heteroatoms. The summed E-state index contributed by atoms with van der Waals surface area (Å²) in [4.78, 5) is 21.3. The van der Waals surface area contributed by atoms with Gasteiger partial charge in [0.05, 0.1) is 13.0 Å². The maximum Gasteiger partial charge on any atom is 0.405 e. The molecule has 1 amide bonds. The van der Waals surface area contributed by atoms with Crippen LogP contribution in [0.25, 0.3) is 0 Å². The van der Waals surface area contributed by atoms with Crippen LogP contribution in [0.5, 0.6) is 0 Å². The molecule has 2 unspecified atom stereocenters. The van der Waals surface area contributed by atoms with Gasteiger partial charge >= 0.3 is 12.1 Å². The van der Waals surface area contributed by atoms with Gasteiger partial charge in [-0.3, -0.25) is 4.79 Å². The fourth-order valence-electron chi connectivity index (χ4n) is 1.31. The second kappa shape index (κ2) is 5.55. The first-order chi connectivity index (χ1) is 7.13. The van der Waals surface area contributed by atoms with Gasteiger partial charge in [0.15, 0.2) is 0 Å². The number of hydrogen-bond acceptors (Lipinski definition) is 4. The molecule has 6 nitrogen and oxygen atoms in total. The van der Waals surface area contributed by atoms with Crippen molar-refractivity contribution >= 4 is 12.1 Å². The SMILES string of the molecule is CCCCOC1OC(=O)CC1NC(=O)O. The van der Waals surface area contributed by atoms with E-state index in [2.05, 4.69) is 5.32 Å². The minimum Gasteiger partial charge on any atom is -0.465 e. The van der Waals surface area contributed by atoms with Crippen LogP contribution < -0.4 is 5.32 Å². The van der Waals surface area contributed by atoms with E-state index < -0.39 is 24.4 Å². The summed E-state index contributed by atoms with van der Waals surface area (Å²) < 4.78 is 10.1. The number of cyclic esters (lactones) is 1. The molecule has 1 aliphatic heterocycles. The summed E-state index contributed by atoms with van der Waals surface area (Å²) >= 11 is 0. The second-order valence-corrected chi connectivity index (χ2v) is 3.34. The minimum atomic E-state index is -1.18. The predicted octanol–water partition coefficient (Wildman–Crippen LogP) is 0.712. The quantitative estimate of drug-likeness (QED) is 0.523. The Hall–Kier alpha value is -1.30. The molecule has 1 rings (SSSR count). The maximum atomic E-state index is 10.9. The van der Waals surface area contributed by atoms with Gasteiger partial charge in [-0.05, 0) is 6.42 Å². The number of rotatable bonds is 5. The van der Waals surface area contributed by atoms with E-state index in [1.54, 1.807) is 0 Å². The van der Waals surface area contributed by atoms with Gasteiger partial charge in [-0.1, -0.05) is 13.3 Å². The molecular weight excluding hydrogens is 202 g/mol. The molecule has 0 aromatic rings. The van der Waals surface area contributed by atoms with Crippen molar-refractivity contribution in [3.8, 4) is 0 Å². The summed E-state index contributed by atoms with van der Waals surface area (Å²) in [6.45, 7) is 2.48. The lowest BCUT2D eigenvalue weighted by atomic mass is 10.2. The van der Waals surface area contributed by atoms with Gasteiger partial charge in [0.25, 0.3) is 0 Å². The zero-order chi connectivity index (χ0) is 11.3. The number of hydrogen-bond donors (Lipinski definition) is 2. The lowest BCUT2D eigenvalue weighted by Crippen LogP contribution is -2.41. The van der Waals surface area contributed by atoms with E-state index in [1.807, 2.05) is 6.92 Å². The van der Waals surface area contributed by atoms with Crippen molar-refractivity contribution in [2.24, 2.45) is 0 Å². The summed E-state index contributed by atoms with van der Waals surface area (Å²) in [5, 5.41) is 10.7. The van der Waals surface area contributed by atoms with Crippen molar-refractivity contribution < 1.29 is 24.2 Å². The van der Waals surface area contributed by atoms with Crippen molar-refractivity contribution in [1.29, 1.82) is 0 Å². The Morgan fingerprint density at radius 3 is 3.07 bits per heavy atom. The highest BCUT2D eigenvalue weighted by atomic mass is 16.7. The maximum absolute atomic E-state index is 10.9. The molecule has 0 radical (unpaired) electrons. The standard InChI is InChI=1S/C9H15NO5/c1-2-3-4-14-8-6(10-9(12)13)5-7(11)15-8/h6,8,10H,2-5H2,1H3,(H,12,13). The number of nitrogens with one attached hydrogen (secondary N) is 1. The number of ether oxygens (including phenoxy) is 2. The summed E-state index contributed by atoms with van der Waals surface area (Å²) in [7, 11) is 0. The lowest BCUT2D eigenvalue weighted by Gasteiger charge is -2.17. The summed E-state index contributed by atoms with van der Waals surface area (Å²) in [5.74, 6) is -0.435. The van der Waals surface area contributed by atoms with E-state index >= 15 is 0 Å². The van der Waals surface area contributed by atoms with Gasteiger partial charge in [-0.15, -0.1) is 0 Å². The zero-order valence-electron chi connectivity index (χ0n) is 8.56. The molecule has 0 aliphatic carbocycles. The molecule has 86 valence electrons. The van der Waals surface area contributed by atoms with Crippen molar-refractivity contribution in [3.05, 3.63) is 0 Å². The monoisotopic (exact) mass is 217 g/mol. The molecule has 1 fully saturated rings. The molecule has 0 saturated carbocycles. The normalized spacial score (nSPS) is 25.0. The largest absolute Gasteiger partial charge is 0.465 e. The van der Waals surface area contributed by atoms with Gasteiger partial charge in [0.1, 0.15) is 6.04 Å². The Kier molecular flexibility index (Phi) is 4.36. The zero-order valence-corrected chi connectivity index (χ0v) is 8.56. The summed E-state index contributed by atoms with van der Waals surface area (Å²) in [6.07, 6.45) is -0.100. The fraction of sp³-hybridized carbons (Fsp3) is 0.778. The van der Waals surface area contributed by atoms with Crippen LogP contribution in [-0.4, -0.2) is 36.1 Å². The molecule has 0 aromatic carbocycles. The third-order valence-electron chi connectivity index (χ3n) is 2.05. The topological polar surface area (TPSA) is 84.9 Å². The third kappa shape index (κ3) is 3.75. The average molecular weight is 217 g/mol. The molecule has 0 aromatic heterocycles. The van der Waals surface area contributed by atoms with Crippen LogP contribution in [0.3, 0.4) is 0 Å². The molecule has 0 spiro atoms. The average Bonchev–Trinajstić information content (AvgIpc) is 2.46. The summed E-state index contributed by atoms with van der Waals surface area (Å²) in [6, 6.07) is -0.591. The van der Waals surface area contributed by atoms with Gasteiger partial charge in [0, 0.05) is 0 Å². The smallest absolute Gasteiger partial charge is 0.405 e. The first kappa shape index (κ1) is 11.8. The summed E-state index contributed by atoms with van der Waals surface area (Å²) in [5.41, 5.74) is 0. The number of esters is 1. The Labute approximate surface area is 87.5 Å². The third-order valence-corrected chi connectivity index (χ3v) is 2.05. The van der Waals surface area contributed by atoms with Crippen LogP contribution in [0.4, 0.5) is 4.79 Å². The molecular formula is C9H15NO5. The second-order valence-electron chi connectivity index (χ2n) is 3.34.